The maximum Gasteiger partial charge on any atom is 0.319 e. The van der Waals surface area contributed by atoms with Gasteiger partial charge in [-0.1, -0.05) is 35.5 Å². The number of halogens is 1. The zero-order valence-corrected chi connectivity index (χ0v) is 14.3. The van der Waals surface area contributed by atoms with E-state index in [1.807, 2.05) is 24.3 Å². The Bertz CT molecular complexity index is 916. The summed E-state index contributed by atoms with van der Waals surface area (Å²) in [7, 11) is 0. The highest BCUT2D eigenvalue weighted by molar-refractivity contribution is 8.00. The van der Waals surface area contributed by atoms with Gasteiger partial charge in [0.2, 0.25) is 5.16 Å². The van der Waals surface area contributed by atoms with Crippen LogP contribution >= 0.6 is 23.4 Å². The highest BCUT2D eigenvalue weighted by atomic mass is 35.5. The van der Waals surface area contributed by atoms with Crippen LogP contribution in [-0.2, 0) is 4.79 Å². The predicted molar refractivity (Wildman–Crippen MR) is 94.1 cm³/mol. The van der Waals surface area contributed by atoms with Gasteiger partial charge < -0.3 is 10.5 Å². The molecule has 2 aromatic heterocycles. The predicted octanol–water partition coefficient (Wildman–Crippen LogP) is 2.84. The number of carboxylic acids is 1. The van der Waals surface area contributed by atoms with Crippen LogP contribution in [-0.4, -0.2) is 36.2 Å². The summed E-state index contributed by atoms with van der Waals surface area (Å²) in [5, 5.41) is 18.3. The molecular weight excluding hydrogens is 362 g/mol. The maximum atomic E-state index is 11.7. The van der Waals surface area contributed by atoms with Crippen molar-refractivity contribution in [3.05, 3.63) is 59.4 Å². The molecule has 2 N–H and O–H groups in total. The number of thioether (sulfide) groups is 1. The van der Waals surface area contributed by atoms with E-state index in [0.717, 1.165) is 22.9 Å². The first-order valence-corrected chi connectivity index (χ1v) is 8.66. The van der Waals surface area contributed by atoms with Gasteiger partial charge in [-0.15, -0.1) is 10.2 Å². The summed E-state index contributed by atoms with van der Waals surface area (Å²) in [6, 6.07) is 10.3. The average molecular weight is 374 g/mol. The number of carbonyl (C=O) groups is 1. The van der Waals surface area contributed by atoms with Gasteiger partial charge >= 0.3 is 5.97 Å². The second-order valence-electron chi connectivity index (χ2n) is 5.42. The van der Waals surface area contributed by atoms with E-state index >= 15 is 0 Å². The van der Waals surface area contributed by atoms with Crippen molar-refractivity contribution >= 4 is 29.3 Å². The van der Waals surface area contributed by atoms with E-state index in [0.29, 0.717) is 16.0 Å². The summed E-state index contributed by atoms with van der Waals surface area (Å²) in [5.41, 5.74) is 4.84. The third-order valence-corrected chi connectivity index (χ3v) is 5.28. The smallest absolute Gasteiger partial charge is 0.319 e. The Kier molecular flexibility index (Phi) is 4.06. The molecule has 9 heteroatoms. The summed E-state index contributed by atoms with van der Waals surface area (Å²) in [4.78, 5) is 15.8. The van der Waals surface area contributed by atoms with Crippen molar-refractivity contribution in [3.8, 4) is 11.4 Å². The van der Waals surface area contributed by atoms with Gasteiger partial charge in [-0.25, -0.2) is 4.68 Å². The van der Waals surface area contributed by atoms with Crippen molar-refractivity contribution in [1.82, 2.24) is 19.9 Å². The first-order valence-electron chi connectivity index (χ1n) is 7.41. The molecule has 0 amide bonds. The lowest BCUT2D eigenvalue weighted by Crippen LogP contribution is -2.38. The number of carboxylic acid groups (broad SMARTS) is 1. The second-order valence-corrected chi connectivity index (χ2v) is 6.96. The van der Waals surface area contributed by atoms with E-state index in [-0.39, 0.29) is 0 Å². The number of aromatic nitrogens is 4. The van der Waals surface area contributed by atoms with Gasteiger partial charge in [0.25, 0.3) is 0 Å². The van der Waals surface area contributed by atoms with Gasteiger partial charge in [0.1, 0.15) is 5.25 Å². The minimum atomic E-state index is -0.922. The van der Waals surface area contributed by atoms with E-state index in [2.05, 4.69) is 20.6 Å². The first kappa shape index (κ1) is 15.9. The molecule has 4 rings (SSSR count). The fraction of sp³-hybridized carbons (Fsp3) is 0.125. The van der Waals surface area contributed by atoms with Crippen LogP contribution in [0.5, 0.6) is 0 Å². The minimum absolute atomic E-state index is 0.460. The number of aliphatic carboxylic acids is 1. The molecule has 1 aliphatic rings. The van der Waals surface area contributed by atoms with Crippen LogP contribution in [0.2, 0.25) is 5.02 Å². The topological polar surface area (TPSA) is 92.9 Å². The lowest BCUT2D eigenvalue weighted by Gasteiger charge is -2.31. The zero-order valence-electron chi connectivity index (χ0n) is 12.7. The van der Waals surface area contributed by atoms with Gasteiger partial charge in [-0.2, -0.15) is 0 Å². The van der Waals surface area contributed by atoms with Crippen molar-refractivity contribution in [2.24, 2.45) is 0 Å². The molecular formula is C16H12ClN5O2S. The average Bonchev–Trinajstić information content (AvgIpc) is 3.05. The fourth-order valence-corrected chi connectivity index (χ4v) is 3.79. The number of fused-ring (bicyclic) bond motifs is 1. The van der Waals surface area contributed by atoms with Crippen LogP contribution in [0.15, 0.2) is 53.9 Å². The summed E-state index contributed by atoms with van der Waals surface area (Å²) in [5.74, 6) is -0.340. The number of hydrogen-bond acceptors (Lipinski definition) is 6. The molecule has 0 saturated heterocycles. The summed E-state index contributed by atoms with van der Waals surface area (Å²) in [6.07, 6.45) is 3.36. The molecule has 1 aliphatic heterocycles. The molecule has 0 fully saturated rings. The van der Waals surface area contributed by atoms with Gasteiger partial charge in [-0.05, 0) is 29.8 Å². The van der Waals surface area contributed by atoms with Crippen LogP contribution < -0.4 is 5.43 Å². The lowest BCUT2D eigenvalue weighted by molar-refractivity contribution is -0.136. The Morgan fingerprint density at radius 3 is 2.72 bits per heavy atom. The second kappa shape index (κ2) is 6.38. The highest BCUT2D eigenvalue weighted by Crippen LogP contribution is 2.38. The van der Waals surface area contributed by atoms with Crippen LogP contribution in [0.1, 0.15) is 11.6 Å². The van der Waals surface area contributed by atoms with E-state index in [9.17, 15) is 9.90 Å². The molecule has 0 saturated carbocycles. The fourth-order valence-electron chi connectivity index (χ4n) is 2.65. The van der Waals surface area contributed by atoms with Crippen molar-refractivity contribution in [2.45, 2.75) is 16.4 Å². The van der Waals surface area contributed by atoms with E-state index in [4.69, 9.17) is 11.6 Å². The van der Waals surface area contributed by atoms with Crippen molar-refractivity contribution in [3.63, 3.8) is 0 Å². The molecule has 0 aliphatic carbocycles. The van der Waals surface area contributed by atoms with E-state index in [1.54, 1.807) is 29.2 Å². The van der Waals surface area contributed by atoms with Gasteiger partial charge in [0.05, 0.1) is 6.04 Å². The molecule has 3 heterocycles. The Hall–Kier alpha value is -2.58. The van der Waals surface area contributed by atoms with Gasteiger partial charge in [-0.3, -0.25) is 9.78 Å². The molecule has 7 nitrogen and oxygen atoms in total. The summed E-state index contributed by atoms with van der Waals surface area (Å²) in [6.45, 7) is 0. The monoisotopic (exact) mass is 373 g/mol. The summed E-state index contributed by atoms with van der Waals surface area (Å²) >= 11 is 7.11. The largest absolute Gasteiger partial charge is 0.480 e. The number of pyridine rings is 1. The van der Waals surface area contributed by atoms with Crippen molar-refractivity contribution in [2.75, 3.05) is 5.43 Å². The first-order chi connectivity index (χ1) is 12.1. The highest BCUT2D eigenvalue weighted by Gasteiger charge is 2.37. The standard InChI is InChI=1S/C16H12ClN5O2S/c17-11-5-3-9(4-6-11)12-13(15(23)24)25-16-20-19-14(22(16)21-12)10-2-1-7-18-8-10/h1-8,12-13,21H,(H,23,24). The van der Waals surface area contributed by atoms with Gasteiger partial charge in [0.15, 0.2) is 5.82 Å². The summed E-state index contributed by atoms with van der Waals surface area (Å²) < 4.78 is 1.71. The molecule has 1 aromatic carbocycles. The third kappa shape index (κ3) is 2.94. The molecule has 0 spiro atoms. The molecule has 0 bridgehead atoms. The number of benzene rings is 1. The number of nitrogens with one attached hydrogen (secondary N) is 1. The van der Waals surface area contributed by atoms with E-state index < -0.39 is 17.3 Å². The van der Waals surface area contributed by atoms with Gasteiger partial charge in [0, 0.05) is 23.0 Å². The lowest BCUT2D eigenvalue weighted by atomic mass is 10.0. The Morgan fingerprint density at radius 1 is 1.24 bits per heavy atom. The number of hydrogen-bond donors (Lipinski definition) is 2. The Balaban J connectivity index is 1.76. The Labute approximate surface area is 152 Å². The molecule has 3 aromatic rings. The molecule has 126 valence electrons. The third-order valence-electron chi connectivity index (χ3n) is 3.83. The minimum Gasteiger partial charge on any atom is -0.480 e. The van der Waals surface area contributed by atoms with Crippen molar-refractivity contribution in [1.29, 1.82) is 0 Å². The number of nitrogens with zero attached hydrogens (tertiary/aromatic N) is 4. The molecule has 0 radical (unpaired) electrons. The van der Waals surface area contributed by atoms with Crippen LogP contribution in [0.4, 0.5) is 0 Å². The van der Waals surface area contributed by atoms with Crippen LogP contribution in [0.3, 0.4) is 0 Å². The molecule has 2 atom stereocenters. The van der Waals surface area contributed by atoms with Crippen molar-refractivity contribution < 1.29 is 9.90 Å². The Morgan fingerprint density at radius 2 is 2.04 bits per heavy atom. The van der Waals surface area contributed by atoms with Crippen LogP contribution in [0.25, 0.3) is 11.4 Å². The molecule has 25 heavy (non-hydrogen) atoms. The zero-order chi connectivity index (χ0) is 17.4. The number of rotatable bonds is 3. The SMILES string of the molecule is O=C(O)C1Sc2nnc(-c3cccnc3)n2NC1c1ccc(Cl)cc1. The quantitative estimate of drug-likeness (QED) is 0.729. The van der Waals surface area contributed by atoms with Crippen LogP contribution in [0, 0.1) is 0 Å². The maximum absolute atomic E-state index is 11.7. The molecule has 2 unspecified atom stereocenters. The van der Waals surface area contributed by atoms with E-state index in [1.165, 1.54) is 0 Å². The normalized spacial score (nSPS) is 19.1.